The average Bonchev–Trinajstić information content (AvgIpc) is 2.90. The van der Waals surface area contributed by atoms with E-state index in [1.54, 1.807) is 18.2 Å². The van der Waals surface area contributed by atoms with Gasteiger partial charge in [0.1, 0.15) is 5.75 Å². The number of para-hydroxylation sites is 1. The molecule has 0 N–H and O–H groups in total. The zero-order chi connectivity index (χ0) is 17.3. The van der Waals surface area contributed by atoms with Crippen molar-refractivity contribution in [2.24, 2.45) is 0 Å². The zero-order valence-corrected chi connectivity index (χ0v) is 16.1. The molecule has 1 atom stereocenters. The first kappa shape index (κ1) is 17.3. The normalized spacial score (nSPS) is 17.0. The average molecular weight is 410 g/mol. The molecular weight excluding hydrogens is 390 g/mol. The summed E-state index contributed by atoms with van der Waals surface area (Å²) in [5, 5.41) is 0. The van der Waals surface area contributed by atoms with E-state index in [9.17, 15) is 8.42 Å². The Morgan fingerprint density at radius 2 is 2.00 bits per heavy atom. The van der Waals surface area contributed by atoms with Crippen molar-refractivity contribution in [2.45, 2.75) is 37.6 Å². The first-order valence-electron chi connectivity index (χ1n) is 8.00. The van der Waals surface area contributed by atoms with E-state index in [0.29, 0.717) is 12.4 Å². The smallest absolute Gasteiger partial charge is 0.264 e. The molecule has 0 saturated heterocycles. The van der Waals surface area contributed by atoms with Gasteiger partial charge in [0.2, 0.25) is 0 Å². The van der Waals surface area contributed by atoms with Crippen LogP contribution < -0.4 is 9.04 Å². The third-order valence-electron chi connectivity index (χ3n) is 4.07. The molecule has 3 rings (SSSR count). The van der Waals surface area contributed by atoms with Gasteiger partial charge >= 0.3 is 0 Å². The van der Waals surface area contributed by atoms with Crippen molar-refractivity contribution in [3.63, 3.8) is 0 Å². The Hall–Kier alpha value is -1.53. The first-order chi connectivity index (χ1) is 11.4. The second-order valence-corrected chi connectivity index (χ2v) is 8.59. The van der Waals surface area contributed by atoms with E-state index in [4.69, 9.17) is 4.74 Å². The number of anilines is 1. The van der Waals surface area contributed by atoms with Crippen LogP contribution in [0.25, 0.3) is 0 Å². The number of hydrogen-bond acceptors (Lipinski definition) is 3. The van der Waals surface area contributed by atoms with Crippen LogP contribution in [-0.4, -0.2) is 21.1 Å². The summed E-state index contributed by atoms with van der Waals surface area (Å²) in [6.07, 6.45) is 1.59. The largest absolute Gasteiger partial charge is 0.492 e. The maximum Gasteiger partial charge on any atom is 0.264 e. The Morgan fingerprint density at radius 3 is 2.75 bits per heavy atom. The van der Waals surface area contributed by atoms with E-state index in [1.807, 2.05) is 38.1 Å². The van der Waals surface area contributed by atoms with Crippen LogP contribution in [0.2, 0.25) is 0 Å². The van der Waals surface area contributed by atoms with E-state index in [0.717, 1.165) is 28.6 Å². The standard InChI is InChI=1S/C18H20BrNO3S/c1-3-10-23-18-12-15(8-9-16(18)19)24(21,22)20-13(2)11-14-6-4-5-7-17(14)20/h4-9,12-13H,3,10-11H2,1-2H3/t13-/m1/s1. The molecule has 24 heavy (non-hydrogen) atoms. The third-order valence-corrected chi connectivity index (χ3v) is 6.65. The molecule has 2 aromatic rings. The summed E-state index contributed by atoms with van der Waals surface area (Å²) in [6.45, 7) is 4.49. The molecule has 0 saturated carbocycles. The summed E-state index contributed by atoms with van der Waals surface area (Å²) < 4.78 is 34.3. The predicted octanol–water partition coefficient (Wildman–Crippen LogP) is 4.38. The molecule has 0 aromatic heterocycles. The Morgan fingerprint density at radius 1 is 1.25 bits per heavy atom. The molecule has 0 unspecified atom stereocenters. The van der Waals surface area contributed by atoms with Gasteiger partial charge in [-0.3, -0.25) is 4.31 Å². The quantitative estimate of drug-likeness (QED) is 0.735. The fourth-order valence-corrected chi connectivity index (χ4v) is 5.05. The fourth-order valence-electron chi connectivity index (χ4n) is 2.98. The highest BCUT2D eigenvalue weighted by molar-refractivity contribution is 9.10. The highest BCUT2D eigenvalue weighted by atomic mass is 79.9. The Labute approximate surface area is 151 Å². The van der Waals surface area contributed by atoms with Crippen LogP contribution in [0.4, 0.5) is 5.69 Å². The number of benzene rings is 2. The summed E-state index contributed by atoms with van der Waals surface area (Å²) in [7, 11) is -3.63. The minimum absolute atomic E-state index is 0.101. The maximum atomic E-state index is 13.2. The van der Waals surface area contributed by atoms with Gasteiger partial charge in [0.15, 0.2) is 0 Å². The van der Waals surface area contributed by atoms with Gasteiger partial charge in [-0.15, -0.1) is 0 Å². The number of hydrogen-bond donors (Lipinski definition) is 0. The van der Waals surface area contributed by atoms with Crippen LogP contribution in [0.1, 0.15) is 25.8 Å². The number of fused-ring (bicyclic) bond motifs is 1. The van der Waals surface area contributed by atoms with E-state index in [2.05, 4.69) is 15.9 Å². The number of halogens is 1. The molecule has 0 bridgehead atoms. The number of ether oxygens (including phenoxy) is 1. The summed E-state index contributed by atoms with van der Waals surface area (Å²) in [6, 6.07) is 12.5. The summed E-state index contributed by atoms with van der Waals surface area (Å²) >= 11 is 3.42. The third kappa shape index (κ3) is 3.05. The molecule has 0 fully saturated rings. The second kappa shape index (κ2) is 6.76. The highest BCUT2D eigenvalue weighted by Crippen LogP contribution is 2.38. The molecule has 6 heteroatoms. The number of nitrogens with zero attached hydrogens (tertiary/aromatic N) is 1. The number of sulfonamides is 1. The van der Waals surface area contributed by atoms with Crippen LogP contribution in [0, 0.1) is 0 Å². The van der Waals surface area contributed by atoms with Crippen molar-refractivity contribution < 1.29 is 13.2 Å². The van der Waals surface area contributed by atoms with Gasteiger partial charge in [-0.05, 0) is 59.5 Å². The van der Waals surface area contributed by atoms with E-state index >= 15 is 0 Å². The summed E-state index contributed by atoms with van der Waals surface area (Å²) in [4.78, 5) is 0.250. The second-order valence-electron chi connectivity index (χ2n) is 5.92. The number of rotatable bonds is 5. The van der Waals surface area contributed by atoms with Gasteiger partial charge in [0, 0.05) is 12.1 Å². The molecular formula is C18H20BrNO3S. The van der Waals surface area contributed by atoms with Crippen LogP contribution in [0.15, 0.2) is 51.8 Å². The molecule has 1 aliphatic heterocycles. The van der Waals surface area contributed by atoms with E-state index in [1.165, 1.54) is 4.31 Å². The molecule has 128 valence electrons. The summed E-state index contributed by atoms with van der Waals surface area (Å²) in [5.41, 5.74) is 1.83. The minimum Gasteiger partial charge on any atom is -0.492 e. The molecule has 0 amide bonds. The van der Waals surface area contributed by atoms with Gasteiger partial charge in [-0.25, -0.2) is 8.42 Å². The maximum absolute atomic E-state index is 13.2. The Balaban J connectivity index is 2.02. The zero-order valence-electron chi connectivity index (χ0n) is 13.7. The first-order valence-corrected chi connectivity index (χ1v) is 10.2. The molecule has 4 nitrogen and oxygen atoms in total. The topological polar surface area (TPSA) is 46.6 Å². The van der Waals surface area contributed by atoms with Crippen molar-refractivity contribution in [1.29, 1.82) is 0 Å². The predicted molar refractivity (Wildman–Crippen MR) is 99.2 cm³/mol. The van der Waals surface area contributed by atoms with Crippen molar-refractivity contribution in [2.75, 3.05) is 10.9 Å². The van der Waals surface area contributed by atoms with Crippen LogP contribution in [0.3, 0.4) is 0 Å². The van der Waals surface area contributed by atoms with Crippen LogP contribution in [-0.2, 0) is 16.4 Å². The molecule has 2 aromatic carbocycles. The molecule has 0 aliphatic carbocycles. The Bertz CT molecular complexity index is 851. The molecule has 1 heterocycles. The molecule has 0 radical (unpaired) electrons. The Kier molecular flexibility index (Phi) is 4.88. The minimum atomic E-state index is -3.63. The van der Waals surface area contributed by atoms with Crippen molar-refractivity contribution in [3.05, 3.63) is 52.5 Å². The van der Waals surface area contributed by atoms with E-state index < -0.39 is 10.0 Å². The van der Waals surface area contributed by atoms with Gasteiger partial charge in [-0.2, -0.15) is 0 Å². The van der Waals surface area contributed by atoms with Crippen molar-refractivity contribution in [1.82, 2.24) is 0 Å². The lowest BCUT2D eigenvalue weighted by Crippen LogP contribution is -2.35. The van der Waals surface area contributed by atoms with E-state index in [-0.39, 0.29) is 10.9 Å². The van der Waals surface area contributed by atoms with Crippen molar-refractivity contribution >= 4 is 31.6 Å². The van der Waals surface area contributed by atoms with Crippen LogP contribution in [0.5, 0.6) is 5.75 Å². The van der Waals surface area contributed by atoms with Crippen LogP contribution >= 0.6 is 15.9 Å². The van der Waals surface area contributed by atoms with Crippen molar-refractivity contribution in [3.8, 4) is 5.75 Å². The lowest BCUT2D eigenvalue weighted by atomic mass is 10.1. The summed E-state index contributed by atoms with van der Waals surface area (Å²) in [5.74, 6) is 0.554. The van der Waals surface area contributed by atoms with Gasteiger partial charge in [0.05, 0.1) is 21.7 Å². The lowest BCUT2D eigenvalue weighted by molar-refractivity contribution is 0.314. The van der Waals surface area contributed by atoms with Gasteiger partial charge in [-0.1, -0.05) is 25.1 Å². The lowest BCUT2D eigenvalue weighted by Gasteiger charge is -2.24. The molecule has 1 aliphatic rings. The molecule has 0 spiro atoms. The van der Waals surface area contributed by atoms with Gasteiger partial charge in [0.25, 0.3) is 10.0 Å². The monoisotopic (exact) mass is 409 g/mol. The SMILES string of the molecule is CCCOc1cc(S(=O)(=O)N2c3ccccc3C[C@H]2C)ccc1Br. The van der Waals surface area contributed by atoms with Gasteiger partial charge < -0.3 is 4.74 Å². The highest BCUT2D eigenvalue weighted by Gasteiger charge is 2.36. The fraction of sp³-hybridized carbons (Fsp3) is 0.333.